The number of aromatic nitrogens is 1. The van der Waals surface area contributed by atoms with Crippen LogP contribution in [0.4, 0.5) is 0 Å². The first-order chi connectivity index (χ1) is 8.58. The Labute approximate surface area is 107 Å². The summed E-state index contributed by atoms with van der Waals surface area (Å²) < 4.78 is 30.4. The second-order valence-corrected chi connectivity index (χ2v) is 5.52. The molecular formula is C13H14NO3S+. The van der Waals surface area contributed by atoms with E-state index in [1.807, 2.05) is 25.1 Å². The van der Waals surface area contributed by atoms with Gasteiger partial charge >= 0.3 is 10.1 Å². The molecule has 1 aromatic heterocycles. The second-order valence-electron chi connectivity index (χ2n) is 3.90. The Balaban J connectivity index is 2.11. The molecule has 1 heterocycles. The van der Waals surface area contributed by atoms with E-state index >= 15 is 0 Å². The average Bonchev–Trinajstić information content (AvgIpc) is 2.38. The maximum atomic E-state index is 11.9. The van der Waals surface area contributed by atoms with E-state index in [2.05, 4.69) is 0 Å². The van der Waals surface area contributed by atoms with E-state index < -0.39 is 10.1 Å². The molecule has 0 saturated heterocycles. The molecule has 0 fully saturated rings. The molecule has 2 aromatic rings. The van der Waals surface area contributed by atoms with Crippen LogP contribution in [0.15, 0.2) is 59.8 Å². The normalized spacial score (nSPS) is 11.4. The maximum absolute atomic E-state index is 11.9. The molecular weight excluding hydrogens is 250 g/mol. The van der Waals surface area contributed by atoms with Gasteiger partial charge in [0.15, 0.2) is 12.4 Å². The van der Waals surface area contributed by atoms with Gasteiger partial charge in [0.2, 0.25) is 0 Å². The van der Waals surface area contributed by atoms with E-state index in [9.17, 15) is 8.42 Å². The van der Waals surface area contributed by atoms with E-state index in [1.165, 1.54) is 0 Å². The lowest BCUT2D eigenvalue weighted by atomic mass is 10.2. The topological polar surface area (TPSA) is 47.3 Å². The molecule has 94 valence electrons. The molecule has 0 amide bonds. The minimum atomic E-state index is -3.70. The lowest BCUT2D eigenvalue weighted by molar-refractivity contribution is -0.724. The quantitative estimate of drug-likeness (QED) is 0.623. The van der Waals surface area contributed by atoms with Crippen molar-refractivity contribution < 1.29 is 17.2 Å². The Hall–Kier alpha value is -1.72. The molecule has 5 heteroatoms. The van der Waals surface area contributed by atoms with Gasteiger partial charge in [0.1, 0.15) is 0 Å². The highest BCUT2D eigenvalue weighted by molar-refractivity contribution is 7.86. The third kappa shape index (κ3) is 3.15. The van der Waals surface area contributed by atoms with Crippen LogP contribution in [-0.4, -0.2) is 8.42 Å². The second kappa shape index (κ2) is 5.29. The summed E-state index contributed by atoms with van der Waals surface area (Å²) in [5.74, 6) is 0. The fourth-order valence-electron chi connectivity index (χ4n) is 1.42. The summed E-state index contributed by atoms with van der Waals surface area (Å²) in [6, 6.07) is 12.0. The average molecular weight is 264 g/mol. The number of rotatable bonds is 4. The van der Waals surface area contributed by atoms with Crippen LogP contribution < -0.4 is 4.57 Å². The Morgan fingerprint density at radius 2 is 1.67 bits per heavy atom. The molecule has 0 saturated carbocycles. The molecule has 0 unspecified atom stereocenters. The van der Waals surface area contributed by atoms with Gasteiger partial charge in [0.05, 0.1) is 4.90 Å². The highest BCUT2D eigenvalue weighted by atomic mass is 32.2. The molecule has 4 nitrogen and oxygen atoms in total. The van der Waals surface area contributed by atoms with Crippen LogP contribution in [0.2, 0.25) is 0 Å². The molecule has 0 aliphatic carbocycles. The summed E-state index contributed by atoms with van der Waals surface area (Å²) in [6.45, 7) is 1.87. The van der Waals surface area contributed by atoms with Crippen molar-refractivity contribution in [2.24, 2.45) is 0 Å². The van der Waals surface area contributed by atoms with Crippen LogP contribution in [0.5, 0.6) is 0 Å². The fraction of sp³-hybridized carbons (Fsp3) is 0.154. The lowest BCUT2D eigenvalue weighted by Crippen LogP contribution is -2.34. The molecule has 0 spiro atoms. The van der Waals surface area contributed by atoms with Crippen LogP contribution in [0.1, 0.15) is 5.56 Å². The Kier molecular flexibility index (Phi) is 3.74. The molecule has 2 rings (SSSR count). The van der Waals surface area contributed by atoms with Gasteiger partial charge in [-0.05, 0) is 19.1 Å². The molecule has 18 heavy (non-hydrogen) atoms. The smallest absolute Gasteiger partial charge is 0.201 e. The maximum Gasteiger partial charge on any atom is 0.302 e. The van der Waals surface area contributed by atoms with Crippen LogP contribution in [0, 0.1) is 6.92 Å². The number of pyridine rings is 1. The van der Waals surface area contributed by atoms with E-state index in [0.717, 1.165) is 5.56 Å². The van der Waals surface area contributed by atoms with E-state index in [0.29, 0.717) is 0 Å². The van der Waals surface area contributed by atoms with Crippen molar-refractivity contribution in [3.63, 3.8) is 0 Å². The van der Waals surface area contributed by atoms with E-state index in [1.54, 1.807) is 41.2 Å². The highest BCUT2D eigenvalue weighted by Gasteiger charge is 2.16. The predicted octanol–water partition coefficient (Wildman–Crippen LogP) is 1.65. The molecule has 0 aliphatic rings. The molecule has 1 aromatic carbocycles. The Morgan fingerprint density at radius 3 is 2.28 bits per heavy atom. The first-order valence-corrected chi connectivity index (χ1v) is 6.89. The number of aryl methyl sites for hydroxylation is 1. The van der Waals surface area contributed by atoms with Crippen molar-refractivity contribution in [3.05, 3.63) is 60.4 Å². The van der Waals surface area contributed by atoms with Crippen molar-refractivity contribution in [2.75, 3.05) is 0 Å². The van der Waals surface area contributed by atoms with Crippen LogP contribution in [-0.2, 0) is 21.0 Å². The summed E-state index contributed by atoms with van der Waals surface area (Å²) in [5.41, 5.74) is 1.01. The molecule has 0 radical (unpaired) electrons. The summed E-state index contributed by atoms with van der Waals surface area (Å²) in [6.07, 6.45) is 3.48. The predicted molar refractivity (Wildman–Crippen MR) is 66.1 cm³/mol. The summed E-state index contributed by atoms with van der Waals surface area (Å²) >= 11 is 0. The third-order valence-electron chi connectivity index (χ3n) is 2.44. The Morgan fingerprint density at radius 1 is 1.06 bits per heavy atom. The van der Waals surface area contributed by atoms with Crippen molar-refractivity contribution in [2.45, 2.75) is 18.6 Å². The third-order valence-corrected chi connectivity index (χ3v) is 3.71. The van der Waals surface area contributed by atoms with Crippen molar-refractivity contribution in [3.8, 4) is 0 Å². The lowest BCUT2D eigenvalue weighted by Gasteiger charge is -2.03. The van der Waals surface area contributed by atoms with Gasteiger partial charge in [-0.15, -0.1) is 0 Å². The number of hydrogen-bond donors (Lipinski definition) is 0. The number of hydrogen-bond acceptors (Lipinski definition) is 3. The largest absolute Gasteiger partial charge is 0.302 e. The first kappa shape index (κ1) is 12.7. The summed E-state index contributed by atoms with van der Waals surface area (Å²) in [4.78, 5) is 0.171. The van der Waals surface area contributed by atoms with Crippen LogP contribution >= 0.6 is 0 Å². The number of benzene rings is 1. The molecule has 0 bridgehead atoms. The SMILES string of the molecule is Cc1ccc(S(=O)(=O)OC[n+]2ccccc2)cc1. The summed E-state index contributed by atoms with van der Waals surface area (Å²) in [5, 5.41) is 0. The zero-order valence-corrected chi connectivity index (χ0v) is 10.8. The van der Waals surface area contributed by atoms with Gasteiger partial charge in [-0.3, -0.25) is 0 Å². The van der Waals surface area contributed by atoms with Gasteiger partial charge in [0, 0.05) is 12.1 Å². The number of nitrogens with zero attached hydrogens (tertiary/aromatic N) is 1. The zero-order valence-electron chi connectivity index (χ0n) is 9.98. The van der Waals surface area contributed by atoms with Crippen molar-refractivity contribution in [1.29, 1.82) is 0 Å². The van der Waals surface area contributed by atoms with E-state index in [4.69, 9.17) is 4.18 Å². The first-order valence-electron chi connectivity index (χ1n) is 5.48. The fourth-order valence-corrected chi connectivity index (χ4v) is 2.29. The van der Waals surface area contributed by atoms with Gasteiger partial charge < -0.3 is 0 Å². The van der Waals surface area contributed by atoms with Crippen molar-refractivity contribution in [1.82, 2.24) is 0 Å². The van der Waals surface area contributed by atoms with Crippen LogP contribution in [0.25, 0.3) is 0 Å². The monoisotopic (exact) mass is 264 g/mol. The molecule has 0 N–H and O–H groups in total. The summed E-state index contributed by atoms with van der Waals surface area (Å²) in [7, 11) is -3.70. The van der Waals surface area contributed by atoms with Gasteiger partial charge in [-0.25, -0.2) is 4.18 Å². The zero-order chi connectivity index (χ0) is 13.0. The highest BCUT2D eigenvalue weighted by Crippen LogP contribution is 2.12. The standard InChI is InChI=1S/C13H14NO3S/c1-12-5-7-13(8-6-12)18(15,16)17-11-14-9-3-2-4-10-14/h2-10H,11H2,1H3/q+1. The van der Waals surface area contributed by atoms with Gasteiger partial charge in [0.25, 0.3) is 6.73 Å². The van der Waals surface area contributed by atoms with Crippen LogP contribution in [0.3, 0.4) is 0 Å². The van der Waals surface area contributed by atoms with Gasteiger partial charge in [-0.2, -0.15) is 13.0 Å². The Bertz CT molecular complexity index is 606. The van der Waals surface area contributed by atoms with Gasteiger partial charge in [-0.1, -0.05) is 23.8 Å². The van der Waals surface area contributed by atoms with Crippen molar-refractivity contribution >= 4 is 10.1 Å². The molecule has 0 aliphatic heterocycles. The minimum absolute atomic E-state index is 0.0307. The minimum Gasteiger partial charge on any atom is -0.201 e. The molecule has 0 atom stereocenters. The van der Waals surface area contributed by atoms with E-state index in [-0.39, 0.29) is 11.6 Å².